The Morgan fingerprint density at radius 3 is 2.13 bits per heavy atom. The summed E-state index contributed by atoms with van der Waals surface area (Å²) in [6, 6.07) is -1.64. The van der Waals surface area contributed by atoms with Crippen LogP contribution in [0, 0.1) is 0 Å². The number of aliphatic carboxylic acids is 1. The van der Waals surface area contributed by atoms with Gasteiger partial charge in [-0.05, 0) is 0 Å². The molecule has 0 saturated carbocycles. The molecule has 1 amide bonds. The molecule has 2 heterocycles. The molecule has 31 heavy (non-hydrogen) atoms. The van der Waals surface area contributed by atoms with E-state index in [0.717, 1.165) is 6.92 Å². The van der Waals surface area contributed by atoms with Crippen molar-refractivity contribution < 1.29 is 71.6 Å². The molecule has 0 unspecified atom stereocenters. The molecule has 10 atom stereocenters. The molecule has 2 fully saturated rings. The fraction of sp³-hybridized carbons (Fsp3) is 0.857. The van der Waals surface area contributed by atoms with Gasteiger partial charge < -0.3 is 50.2 Å². The van der Waals surface area contributed by atoms with Crippen LogP contribution in [0.4, 0.5) is 0 Å². The molecule has 2 aliphatic rings. The van der Waals surface area contributed by atoms with Crippen molar-refractivity contribution in [2.75, 3.05) is 6.61 Å². The second kappa shape index (κ2) is 9.96. The lowest BCUT2D eigenvalue weighted by molar-refractivity contribution is -0.334. The number of aliphatic hydroxyl groups excluding tert-OH is 5. The van der Waals surface area contributed by atoms with Crippen molar-refractivity contribution in [2.24, 2.45) is 0 Å². The van der Waals surface area contributed by atoms with Crippen molar-refractivity contribution in [3.63, 3.8) is 0 Å². The molecule has 0 radical (unpaired) electrons. The lowest BCUT2D eigenvalue weighted by atomic mass is 9.95. The normalized spacial score (nSPS) is 41.5. The van der Waals surface area contributed by atoms with E-state index < -0.39 is 90.2 Å². The molecule has 0 aromatic rings. The third-order valence-electron chi connectivity index (χ3n) is 4.55. The zero-order valence-corrected chi connectivity index (χ0v) is 16.6. The molecule has 16 nitrogen and oxygen atoms in total. The van der Waals surface area contributed by atoms with Crippen molar-refractivity contribution in [1.82, 2.24) is 5.32 Å². The van der Waals surface area contributed by atoms with Gasteiger partial charge in [-0.25, -0.2) is 8.98 Å². The summed E-state index contributed by atoms with van der Waals surface area (Å²) in [5.41, 5.74) is 0. The van der Waals surface area contributed by atoms with Crippen molar-refractivity contribution >= 4 is 22.3 Å². The van der Waals surface area contributed by atoms with Gasteiger partial charge in [-0.1, -0.05) is 0 Å². The van der Waals surface area contributed by atoms with E-state index >= 15 is 0 Å². The summed E-state index contributed by atoms with van der Waals surface area (Å²) in [5, 5.41) is 60.6. The van der Waals surface area contributed by atoms with E-state index in [9.17, 15) is 43.5 Å². The van der Waals surface area contributed by atoms with Gasteiger partial charge in [-0.3, -0.25) is 9.35 Å². The topological polar surface area (TPSA) is 259 Å². The van der Waals surface area contributed by atoms with Crippen LogP contribution in [0.2, 0.25) is 0 Å². The van der Waals surface area contributed by atoms with E-state index in [0.29, 0.717) is 0 Å². The molecule has 17 heteroatoms. The average Bonchev–Trinajstić information content (AvgIpc) is 2.64. The van der Waals surface area contributed by atoms with Crippen LogP contribution in [0.25, 0.3) is 0 Å². The van der Waals surface area contributed by atoms with Crippen molar-refractivity contribution in [3.05, 3.63) is 0 Å². The second-order valence-electron chi connectivity index (χ2n) is 6.80. The molecule has 180 valence electrons. The van der Waals surface area contributed by atoms with Gasteiger partial charge in [-0.15, -0.1) is 0 Å². The van der Waals surface area contributed by atoms with Crippen molar-refractivity contribution in [1.29, 1.82) is 0 Å². The number of ether oxygens (including phenoxy) is 3. The number of carbonyl (C=O) groups is 2. The smallest absolute Gasteiger partial charge is 0.397 e. The minimum absolute atomic E-state index is 0.779. The van der Waals surface area contributed by atoms with E-state index in [1.807, 2.05) is 0 Å². The highest BCUT2D eigenvalue weighted by molar-refractivity contribution is 7.80. The van der Waals surface area contributed by atoms with Gasteiger partial charge in [0.2, 0.25) is 5.91 Å². The van der Waals surface area contributed by atoms with Gasteiger partial charge in [0.15, 0.2) is 18.7 Å². The Hall–Kier alpha value is -1.51. The van der Waals surface area contributed by atoms with Crippen LogP contribution >= 0.6 is 0 Å². The SMILES string of the molecule is CC(=O)N[C@@H]1[C@@H](O[C@@H]2O[C@H](C(=O)O)[C@@H](O)[C@H](O)[C@H]2O)[C@@H](OS(=O)(=O)O)[C@@H](CO)O[C@H]1O. The molecule has 0 bridgehead atoms. The fourth-order valence-corrected chi connectivity index (χ4v) is 3.71. The third kappa shape index (κ3) is 6.05. The Kier molecular flexibility index (Phi) is 8.27. The highest BCUT2D eigenvalue weighted by Crippen LogP contribution is 2.30. The summed E-state index contributed by atoms with van der Waals surface area (Å²) in [6.07, 6.45) is -17.8. The van der Waals surface area contributed by atoms with Crippen LogP contribution in [0.5, 0.6) is 0 Å². The maximum Gasteiger partial charge on any atom is 0.397 e. The van der Waals surface area contributed by atoms with Crippen LogP contribution in [-0.2, 0) is 38.4 Å². The fourth-order valence-electron chi connectivity index (χ4n) is 3.19. The number of hydrogen-bond donors (Lipinski definition) is 8. The maximum atomic E-state index is 11.5. The molecular formula is C14H23NO15S. The highest BCUT2D eigenvalue weighted by Gasteiger charge is 2.53. The number of nitrogens with one attached hydrogen (secondary N) is 1. The van der Waals surface area contributed by atoms with E-state index in [4.69, 9.17) is 23.9 Å². The Morgan fingerprint density at radius 2 is 1.65 bits per heavy atom. The van der Waals surface area contributed by atoms with Gasteiger partial charge >= 0.3 is 16.4 Å². The molecule has 0 aromatic heterocycles. The monoisotopic (exact) mass is 477 g/mol. The minimum Gasteiger partial charge on any atom is -0.479 e. The summed E-state index contributed by atoms with van der Waals surface area (Å²) in [7, 11) is -5.22. The number of rotatable bonds is 7. The lowest BCUT2D eigenvalue weighted by Crippen LogP contribution is -2.68. The molecule has 0 spiro atoms. The first-order valence-electron chi connectivity index (χ1n) is 8.72. The third-order valence-corrected chi connectivity index (χ3v) is 5.02. The van der Waals surface area contributed by atoms with Gasteiger partial charge in [0, 0.05) is 6.92 Å². The standard InChI is InChI=1S/C14H23NO15S/c1-3(17)15-5-10(9(30-31(24,25)26)4(2-16)27-13(5)23)28-14-8(20)6(18)7(19)11(29-14)12(21)22/h4-11,13-14,16,18-20,23H,2H2,1H3,(H,15,17)(H,21,22)(H,24,25,26)/t4-,5-,6+,7+,8-,9+,10-,11+,13-,14-/m1/s1. The van der Waals surface area contributed by atoms with Gasteiger partial charge in [0.1, 0.15) is 42.7 Å². The summed E-state index contributed by atoms with van der Waals surface area (Å²) < 4.78 is 51.3. The average molecular weight is 477 g/mol. The van der Waals surface area contributed by atoms with E-state index in [2.05, 4.69) is 9.50 Å². The molecule has 2 saturated heterocycles. The molecule has 8 N–H and O–H groups in total. The van der Waals surface area contributed by atoms with Gasteiger partial charge in [0.05, 0.1) is 6.61 Å². The molecule has 2 rings (SSSR count). The van der Waals surface area contributed by atoms with Crippen LogP contribution in [0.3, 0.4) is 0 Å². The van der Waals surface area contributed by atoms with Gasteiger partial charge in [-0.2, -0.15) is 8.42 Å². The molecule has 0 aliphatic carbocycles. The Balaban J connectivity index is 2.42. The summed E-state index contributed by atoms with van der Waals surface area (Å²) in [4.78, 5) is 22.8. The number of carboxylic acids is 1. The van der Waals surface area contributed by atoms with E-state index in [-0.39, 0.29) is 0 Å². The van der Waals surface area contributed by atoms with Crippen LogP contribution < -0.4 is 5.32 Å². The maximum absolute atomic E-state index is 11.5. The number of carboxylic acid groups (broad SMARTS) is 1. The summed E-state index contributed by atoms with van der Waals surface area (Å²) in [6.45, 7) is 0.0319. The Morgan fingerprint density at radius 1 is 1.03 bits per heavy atom. The van der Waals surface area contributed by atoms with E-state index in [1.54, 1.807) is 0 Å². The predicted molar refractivity (Wildman–Crippen MR) is 91.2 cm³/mol. The zero-order valence-electron chi connectivity index (χ0n) is 15.8. The van der Waals surface area contributed by atoms with Crippen LogP contribution in [0.1, 0.15) is 6.92 Å². The quantitative estimate of drug-likeness (QED) is 0.159. The van der Waals surface area contributed by atoms with Gasteiger partial charge in [0.25, 0.3) is 0 Å². The van der Waals surface area contributed by atoms with Crippen LogP contribution in [0.15, 0.2) is 0 Å². The predicted octanol–water partition coefficient (Wildman–Crippen LogP) is -5.33. The van der Waals surface area contributed by atoms with E-state index in [1.165, 1.54) is 0 Å². The van der Waals surface area contributed by atoms with Crippen molar-refractivity contribution in [2.45, 2.75) is 68.3 Å². The second-order valence-corrected chi connectivity index (χ2v) is 7.85. The Labute approximate surface area is 174 Å². The highest BCUT2D eigenvalue weighted by atomic mass is 32.3. The first kappa shape index (κ1) is 25.7. The first-order valence-corrected chi connectivity index (χ1v) is 10.1. The number of carbonyl (C=O) groups excluding carboxylic acids is 1. The molecule has 2 aliphatic heterocycles. The largest absolute Gasteiger partial charge is 0.479 e. The first-order chi connectivity index (χ1) is 14.3. The van der Waals surface area contributed by atoms with Crippen molar-refractivity contribution in [3.8, 4) is 0 Å². The number of amides is 1. The summed E-state index contributed by atoms with van der Waals surface area (Å²) in [5.74, 6) is -2.52. The lowest BCUT2D eigenvalue weighted by Gasteiger charge is -2.46. The molecular weight excluding hydrogens is 454 g/mol. The minimum atomic E-state index is -5.22. The van der Waals surface area contributed by atoms with Crippen LogP contribution in [-0.4, -0.2) is 123 Å². The molecule has 0 aromatic carbocycles. The number of aliphatic hydroxyl groups is 5. The number of hydrogen-bond acceptors (Lipinski definition) is 13. The Bertz CT molecular complexity index is 761. The zero-order chi connectivity index (χ0) is 23.7. The summed E-state index contributed by atoms with van der Waals surface area (Å²) >= 11 is 0.